The van der Waals surface area contributed by atoms with Crippen LogP contribution in [0.3, 0.4) is 0 Å². The van der Waals surface area contributed by atoms with Crippen molar-refractivity contribution in [1.29, 1.82) is 0 Å². The number of ether oxygens (including phenoxy) is 1. The van der Waals surface area contributed by atoms with Gasteiger partial charge in [0.05, 0.1) is 17.8 Å². The molecule has 1 fully saturated rings. The minimum absolute atomic E-state index is 0.227. The normalized spacial score (nSPS) is 33.6. The molecule has 1 aromatic rings. The number of rotatable bonds is 2. The zero-order valence-corrected chi connectivity index (χ0v) is 10.9. The highest BCUT2D eigenvalue weighted by molar-refractivity contribution is 5.29. The fourth-order valence-corrected chi connectivity index (χ4v) is 2.63. The Bertz CT molecular complexity index is 407. The van der Waals surface area contributed by atoms with Gasteiger partial charge < -0.3 is 9.84 Å². The molecule has 2 unspecified atom stereocenters. The average Bonchev–Trinajstić information content (AvgIpc) is 2.29. The number of aryl methyl sites for hydroxylation is 1. The molecule has 2 heterocycles. The van der Waals surface area contributed by atoms with Crippen molar-refractivity contribution >= 4 is 0 Å². The molecule has 3 heteroatoms. The van der Waals surface area contributed by atoms with Crippen molar-refractivity contribution in [2.75, 3.05) is 6.61 Å². The summed E-state index contributed by atoms with van der Waals surface area (Å²) in [6.45, 7) is 6.80. The first-order chi connectivity index (χ1) is 7.99. The van der Waals surface area contributed by atoms with E-state index in [-0.39, 0.29) is 5.60 Å². The summed E-state index contributed by atoms with van der Waals surface area (Å²) in [5.74, 6) is 0. The first-order valence-electron chi connectivity index (χ1n) is 6.26. The Balaban J connectivity index is 2.33. The van der Waals surface area contributed by atoms with Crippen LogP contribution in [0.1, 0.15) is 44.2 Å². The quantitative estimate of drug-likeness (QED) is 0.856. The van der Waals surface area contributed by atoms with Crippen LogP contribution in [0.5, 0.6) is 0 Å². The van der Waals surface area contributed by atoms with Crippen molar-refractivity contribution < 1.29 is 9.84 Å². The molecular formula is C14H21NO2. The van der Waals surface area contributed by atoms with Gasteiger partial charge in [-0.2, -0.15) is 0 Å². The second kappa shape index (κ2) is 4.39. The summed E-state index contributed by atoms with van der Waals surface area (Å²) in [5.41, 5.74) is 1.03. The van der Waals surface area contributed by atoms with Crippen LogP contribution in [0.15, 0.2) is 18.5 Å². The summed E-state index contributed by atoms with van der Waals surface area (Å²) in [5, 5.41) is 10.9. The topological polar surface area (TPSA) is 42.4 Å². The highest BCUT2D eigenvalue weighted by Crippen LogP contribution is 2.41. The number of hydrogen-bond acceptors (Lipinski definition) is 3. The van der Waals surface area contributed by atoms with E-state index >= 15 is 0 Å². The first kappa shape index (κ1) is 12.5. The Morgan fingerprint density at radius 1 is 1.53 bits per heavy atom. The lowest BCUT2D eigenvalue weighted by molar-refractivity contribution is -0.157. The third-order valence-corrected chi connectivity index (χ3v) is 3.92. The van der Waals surface area contributed by atoms with E-state index in [0.29, 0.717) is 19.4 Å². The summed E-state index contributed by atoms with van der Waals surface area (Å²) in [7, 11) is 0. The van der Waals surface area contributed by atoms with E-state index in [4.69, 9.17) is 4.74 Å². The monoisotopic (exact) mass is 235 g/mol. The lowest BCUT2D eigenvalue weighted by Gasteiger charge is -2.43. The Kier molecular flexibility index (Phi) is 3.23. The lowest BCUT2D eigenvalue weighted by Crippen LogP contribution is -2.45. The highest BCUT2D eigenvalue weighted by Gasteiger charge is 2.42. The maximum Gasteiger partial charge on any atom is 0.0963 e. The highest BCUT2D eigenvalue weighted by atomic mass is 16.5. The number of aromatic nitrogens is 1. The van der Waals surface area contributed by atoms with Crippen molar-refractivity contribution in [3.8, 4) is 0 Å². The third-order valence-electron chi connectivity index (χ3n) is 3.92. The van der Waals surface area contributed by atoms with Gasteiger partial charge in [-0.05, 0) is 31.9 Å². The van der Waals surface area contributed by atoms with E-state index in [1.54, 1.807) is 12.4 Å². The van der Waals surface area contributed by atoms with Gasteiger partial charge in [-0.15, -0.1) is 0 Å². The molecule has 94 valence electrons. The minimum atomic E-state index is -0.790. The van der Waals surface area contributed by atoms with Crippen molar-refractivity contribution in [3.63, 3.8) is 0 Å². The van der Waals surface area contributed by atoms with Gasteiger partial charge in [0, 0.05) is 30.8 Å². The van der Waals surface area contributed by atoms with Gasteiger partial charge in [0.15, 0.2) is 0 Å². The van der Waals surface area contributed by atoms with E-state index in [1.807, 2.05) is 13.0 Å². The summed E-state index contributed by atoms with van der Waals surface area (Å²) in [6, 6.07) is 1.95. The molecule has 2 rings (SSSR count). The first-order valence-corrected chi connectivity index (χ1v) is 6.26. The van der Waals surface area contributed by atoms with Crippen LogP contribution in [0, 0.1) is 6.92 Å². The number of aliphatic hydroxyl groups is 1. The zero-order chi connectivity index (χ0) is 12.5. The molecule has 17 heavy (non-hydrogen) atoms. The van der Waals surface area contributed by atoms with E-state index in [0.717, 1.165) is 17.5 Å². The molecule has 1 aliphatic heterocycles. The molecule has 0 aliphatic carbocycles. The molecular weight excluding hydrogens is 214 g/mol. The van der Waals surface area contributed by atoms with E-state index < -0.39 is 5.60 Å². The van der Waals surface area contributed by atoms with Crippen LogP contribution in [0.4, 0.5) is 0 Å². The molecule has 0 saturated carbocycles. The van der Waals surface area contributed by atoms with E-state index in [1.165, 1.54) is 0 Å². The fraction of sp³-hybridized carbons (Fsp3) is 0.643. The Hall–Kier alpha value is -0.930. The van der Waals surface area contributed by atoms with Gasteiger partial charge >= 0.3 is 0 Å². The van der Waals surface area contributed by atoms with Crippen LogP contribution in [0.2, 0.25) is 0 Å². The fourth-order valence-electron chi connectivity index (χ4n) is 2.63. The predicted molar refractivity (Wildman–Crippen MR) is 66.8 cm³/mol. The molecule has 0 amide bonds. The van der Waals surface area contributed by atoms with Crippen LogP contribution in [-0.4, -0.2) is 22.3 Å². The predicted octanol–water partition coefficient (Wildman–Crippen LogP) is 2.56. The summed E-state index contributed by atoms with van der Waals surface area (Å²) in [6.07, 6.45) is 5.75. The minimum Gasteiger partial charge on any atom is -0.385 e. The van der Waals surface area contributed by atoms with Gasteiger partial charge in [0.1, 0.15) is 0 Å². The maximum absolute atomic E-state index is 10.9. The molecule has 0 aromatic carbocycles. The maximum atomic E-state index is 10.9. The summed E-state index contributed by atoms with van der Waals surface area (Å²) in [4.78, 5) is 4.14. The summed E-state index contributed by atoms with van der Waals surface area (Å²) < 4.78 is 5.79. The van der Waals surface area contributed by atoms with Gasteiger partial charge in [0.25, 0.3) is 0 Å². The molecule has 2 atom stereocenters. The average molecular weight is 235 g/mol. The van der Waals surface area contributed by atoms with Crippen LogP contribution < -0.4 is 0 Å². The smallest absolute Gasteiger partial charge is 0.0963 e. The molecule has 3 nitrogen and oxygen atoms in total. The van der Waals surface area contributed by atoms with Crippen molar-refractivity contribution in [3.05, 3.63) is 29.6 Å². The molecule has 1 saturated heterocycles. The molecule has 1 N–H and O–H groups in total. The van der Waals surface area contributed by atoms with Crippen LogP contribution in [-0.2, 0) is 10.3 Å². The van der Waals surface area contributed by atoms with Crippen LogP contribution >= 0.6 is 0 Å². The van der Waals surface area contributed by atoms with Gasteiger partial charge in [-0.3, -0.25) is 4.98 Å². The molecule has 0 spiro atoms. The van der Waals surface area contributed by atoms with Crippen molar-refractivity contribution in [2.45, 2.75) is 51.2 Å². The second-order valence-electron chi connectivity index (χ2n) is 5.30. The summed E-state index contributed by atoms with van der Waals surface area (Å²) >= 11 is 0. The number of hydrogen-bond donors (Lipinski definition) is 1. The molecule has 0 radical (unpaired) electrons. The van der Waals surface area contributed by atoms with Crippen molar-refractivity contribution in [1.82, 2.24) is 4.98 Å². The standard InChI is InChI=1S/C14H21NO2/c1-4-13(3)10-14(16,6-8-17-13)12-9-15-7-5-11(12)2/h5,7,9,16H,4,6,8,10H2,1-3H3. The SMILES string of the molecule is CCC1(C)CC(O)(c2cnccc2C)CCO1. The zero-order valence-electron chi connectivity index (χ0n) is 10.9. The lowest BCUT2D eigenvalue weighted by atomic mass is 9.77. The second-order valence-corrected chi connectivity index (χ2v) is 5.30. The molecule has 1 aliphatic rings. The van der Waals surface area contributed by atoms with Crippen molar-refractivity contribution in [2.24, 2.45) is 0 Å². The van der Waals surface area contributed by atoms with E-state index in [9.17, 15) is 5.11 Å². The van der Waals surface area contributed by atoms with E-state index in [2.05, 4.69) is 18.8 Å². The Morgan fingerprint density at radius 3 is 2.94 bits per heavy atom. The largest absolute Gasteiger partial charge is 0.385 e. The van der Waals surface area contributed by atoms with Gasteiger partial charge in [0.2, 0.25) is 0 Å². The Morgan fingerprint density at radius 2 is 2.29 bits per heavy atom. The third kappa shape index (κ3) is 2.35. The number of nitrogens with zero attached hydrogens (tertiary/aromatic N) is 1. The van der Waals surface area contributed by atoms with Crippen LogP contribution in [0.25, 0.3) is 0 Å². The van der Waals surface area contributed by atoms with Gasteiger partial charge in [-0.25, -0.2) is 0 Å². The number of pyridine rings is 1. The van der Waals surface area contributed by atoms with Gasteiger partial charge in [-0.1, -0.05) is 6.92 Å². The molecule has 1 aromatic heterocycles. The molecule has 0 bridgehead atoms. The Labute approximate surface area is 103 Å².